The molecule has 15 heavy (non-hydrogen) atoms. The fourth-order valence-corrected chi connectivity index (χ4v) is 1.02. The SMILES string of the molecule is Cc1on[c]c1Oc1cccc(F)c1F. The van der Waals surface area contributed by atoms with Gasteiger partial charge in [-0.25, -0.2) is 4.39 Å². The molecule has 2 aromatic rings. The number of halogens is 2. The molecule has 0 fully saturated rings. The third kappa shape index (κ3) is 1.81. The van der Waals surface area contributed by atoms with Gasteiger partial charge in [0.05, 0.1) is 0 Å². The van der Waals surface area contributed by atoms with Gasteiger partial charge in [-0.05, 0) is 12.1 Å². The molecule has 0 aliphatic heterocycles. The zero-order valence-electron chi connectivity index (χ0n) is 7.75. The molecule has 1 aromatic carbocycles. The molecule has 0 saturated carbocycles. The van der Waals surface area contributed by atoms with Crippen molar-refractivity contribution in [2.45, 2.75) is 6.92 Å². The van der Waals surface area contributed by atoms with Crippen molar-refractivity contribution in [3.05, 3.63) is 41.8 Å². The van der Waals surface area contributed by atoms with E-state index >= 15 is 0 Å². The second-order valence-electron chi connectivity index (χ2n) is 2.83. The van der Waals surface area contributed by atoms with Crippen LogP contribution in [0, 0.1) is 24.8 Å². The van der Waals surface area contributed by atoms with E-state index in [9.17, 15) is 8.78 Å². The third-order valence-electron chi connectivity index (χ3n) is 1.78. The average molecular weight is 210 g/mol. The molecule has 0 amide bonds. The van der Waals surface area contributed by atoms with Crippen molar-refractivity contribution in [2.75, 3.05) is 0 Å². The monoisotopic (exact) mass is 210 g/mol. The van der Waals surface area contributed by atoms with Crippen molar-refractivity contribution >= 4 is 0 Å². The highest BCUT2D eigenvalue weighted by atomic mass is 19.2. The lowest BCUT2D eigenvalue weighted by Gasteiger charge is -2.03. The predicted octanol–water partition coefficient (Wildman–Crippen LogP) is 2.85. The fourth-order valence-electron chi connectivity index (χ4n) is 1.02. The summed E-state index contributed by atoms with van der Waals surface area (Å²) in [5.41, 5.74) is 0. The normalized spacial score (nSPS) is 10.3. The van der Waals surface area contributed by atoms with Crippen LogP contribution in [0.1, 0.15) is 5.76 Å². The van der Waals surface area contributed by atoms with E-state index in [1.807, 2.05) is 0 Å². The Hall–Kier alpha value is -1.91. The Labute approximate surface area is 84.3 Å². The number of aromatic nitrogens is 1. The van der Waals surface area contributed by atoms with Crippen LogP contribution >= 0.6 is 0 Å². The Kier molecular flexibility index (Phi) is 2.37. The summed E-state index contributed by atoms with van der Waals surface area (Å²) in [5, 5.41) is 3.33. The molecular weight excluding hydrogens is 204 g/mol. The Morgan fingerprint density at radius 3 is 2.87 bits per heavy atom. The highest BCUT2D eigenvalue weighted by Crippen LogP contribution is 2.27. The summed E-state index contributed by atoms with van der Waals surface area (Å²) in [6.45, 7) is 1.58. The third-order valence-corrected chi connectivity index (χ3v) is 1.78. The summed E-state index contributed by atoms with van der Waals surface area (Å²) in [5.74, 6) is -1.76. The number of ether oxygens (including phenoxy) is 1. The predicted molar refractivity (Wildman–Crippen MR) is 46.5 cm³/mol. The minimum absolute atomic E-state index is 0.138. The number of benzene rings is 1. The first-order chi connectivity index (χ1) is 7.18. The first-order valence-corrected chi connectivity index (χ1v) is 4.14. The van der Waals surface area contributed by atoms with Crippen molar-refractivity contribution in [1.29, 1.82) is 0 Å². The van der Waals surface area contributed by atoms with Gasteiger partial charge in [0.15, 0.2) is 29.3 Å². The smallest absolute Gasteiger partial charge is 0.201 e. The molecule has 3 nitrogen and oxygen atoms in total. The summed E-state index contributed by atoms with van der Waals surface area (Å²) < 4.78 is 35.7. The van der Waals surface area contributed by atoms with Crippen LogP contribution in [-0.2, 0) is 0 Å². The molecule has 0 bridgehead atoms. The van der Waals surface area contributed by atoms with Crippen molar-refractivity contribution in [1.82, 2.24) is 5.16 Å². The first-order valence-electron chi connectivity index (χ1n) is 4.14. The summed E-state index contributed by atoms with van der Waals surface area (Å²) in [4.78, 5) is 0. The zero-order chi connectivity index (χ0) is 10.8. The lowest BCUT2D eigenvalue weighted by Crippen LogP contribution is -1.91. The van der Waals surface area contributed by atoms with Crippen LogP contribution in [0.4, 0.5) is 8.78 Å². The molecule has 1 radical (unpaired) electrons. The van der Waals surface area contributed by atoms with Crippen LogP contribution in [0.5, 0.6) is 11.5 Å². The number of hydrogen-bond acceptors (Lipinski definition) is 3. The Bertz CT molecular complexity index is 482. The Morgan fingerprint density at radius 1 is 1.40 bits per heavy atom. The van der Waals surface area contributed by atoms with E-state index < -0.39 is 11.6 Å². The Balaban J connectivity index is 2.33. The molecule has 0 atom stereocenters. The van der Waals surface area contributed by atoms with Gasteiger partial charge in [-0.3, -0.25) is 0 Å². The molecule has 0 saturated heterocycles. The molecule has 0 unspecified atom stereocenters. The molecule has 1 heterocycles. The van der Waals surface area contributed by atoms with E-state index in [0.29, 0.717) is 5.76 Å². The van der Waals surface area contributed by atoms with E-state index in [2.05, 4.69) is 15.9 Å². The van der Waals surface area contributed by atoms with Gasteiger partial charge in [0.1, 0.15) is 0 Å². The molecule has 0 aliphatic carbocycles. The second-order valence-corrected chi connectivity index (χ2v) is 2.83. The summed E-state index contributed by atoms with van der Waals surface area (Å²) >= 11 is 0. The van der Waals surface area contributed by atoms with Gasteiger partial charge in [0.2, 0.25) is 5.82 Å². The summed E-state index contributed by atoms with van der Waals surface area (Å²) in [6, 6.07) is 3.65. The standard InChI is InChI=1S/C10H6F2NO2/c1-6-9(5-13-15-6)14-8-4-2-3-7(11)10(8)12/h2-4H,1H3. The van der Waals surface area contributed by atoms with Crippen LogP contribution in [0.3, 0.4) is 0 Å². The van der Waals surface area contributed by atoms with Crippen molar-refractivity contribution in [3.63, 3.8) is 0 Å². The quantitative estimate of drug-likeness (QED) is 0.764. The summed E-state index contributed by atoms with van der Waals surface area (Å²) in [6.07, 6.45) is 2.37. The Morgan fingerprint density at radius 2 is 2.20 bits per heavy atom. The second kappa shape index (κ2) is 3.68. The first kappa shape index (κ1) is 9.64. The van der Waals surface area contributed by atoms with E-state index in [0.717, 1.165) is 6.07 Å². The van der Waals surface area contributed by atoms with Gasteiger partial charge < -0.3 is 9.26 Å². The molecule has 77 valence electrons. The van der Waals surface area contributed by atoms with Gasteiger partial charge in [0, 0.05) is 6.92 Å². The van der Waals surface area contributed by atoms with Gasteiger partial charge in [-0.15, -0.1) is 0 Å². The lowest BCUT2D eigenvalue weighted by molar-refractivity contribution is 0.377. The molecule has 2 rings (SSSR count). The number of hydrogen-bond donors (Lipinski definition) is 0. The van der Waals surface area contributed by atoms with Crippen molar-refractivity contribution in [3.8, 4) is 11.5 Å². The van der Waals surface area contributed by atoms with E-state index in [-0.39, 0.29) is 11.5 Å². The van der Waals surface area contributed by atoms with Crippen molar-refractivity contribution in [2.24, 2.45) is 0 Å². The maximum absolute atomic E-state index is 13.2. The summed E-state index contributed by atoms with van der Waals surface area (Å²) in [7, 11) is 0. The van der Waals surface area contributed by atoms with Crippen LogP contribution in [0.25, 0.3) is 0 Å². The topological polar surface area (TPSA) is 35.3 Å². The molecule has 0 spiro atoms. The molecule has 0 aliphatic rings. The van der Waals surface area contributed by atoms with E-state index in [1.54, 1.807) is 6.92 Å². The maximum atomic E-state index is 13.2. The van der Waals surface area contributed by atoms with Gasteiger partial charge in [-0.1, -0.05) is 11.2 Å². The van der Waals surface area contributed by atoms with Crippen LogP contribution in [0.15, 0.2) is 22.7 Å². The molecule has 1 aromatic heterocycles. The van der Waals surface area contributed by atoms with Gasteiger partial charge >= 0.3 is 0 Å². The largest absolute Gasteiger partial charge is 0.448 e. The average Bonchev–Trinajstić information content (AvgIpc) is 2.60. The van der Waals surface area contributed by atoms with E-state index in [1.165, 1.54) is 12.1 Å². The zero-order valence-corrected chi connectivity index (χ0v) is 7.75. The fraction of sp³-hybridized carbons (Fsp3) is 0.100. The van der Waals surface area contributed by atoms with Crippen LogP contribution in [-0.4, -0.2) is 5.16 Å². The number of rotatable bonds is 2. The number of nitrogens with zero attached hydrogens (tertiary/aromatic N) is 1. The maximum Gasteiger partial charge on any atom is 0.201 e. The van der Waals surface area contributed by atoms with Gasteiger partial charge in [0.25, 0.3) is 0 Å². The molecular formula is C10H6F2NO2. The van der Waals surface area contributed by atoms with Crippen molar-refractivity contribution < 1.29 is 18.0 Å². The van der Waals surface area contributed by atoms with Crippen LogP contribution in [0.2, 0.25) is 0 Å². The lowest BCUT2D eigenvalue weighted by atomic mass is 10.3. The molecule has 0 N–H and O–H groups in total. The highest BCUT2D eigenvalue weighted by Gasteiger charge is 2.12. The van der Waals surface area contributed by atoms with E-state index in [4.69, 9.17) is 4.74 Å². The van der Waals surface area contributed by atoms with Gasteiger partial charge in [-0.2, -0.15) is 4.39 Å². The minimum atomic E-state index is -1.05. The highest BCUT2D eigenvalue weighted by molar-refractivity contribution is 5.31. The number of aryl methyl sites for hydroxylation is 1. The van der Waals surface area contributed by atoms with Crippen LogP contribution < -0.4 is 4.74 Å². The minimum Gasteiger partial charge on any atom is -0.448 e. The molecule has 5 heteroatoms.